The van der Waals surface area contributed by atoms with Crippen LogP contribution in [0.5, 0.6) is 5.75 Å². The smallest absolute Gasteiger partial charge is 0.328 e. The maximum absolute atomic E-state index is 12.7. The number of anilines is 1. The van der Waals surface area contributed by atoms with E-state index in [1.165, 1.54) is 12.0 Å². The predicted octanol–water partition coefficient (Wildman–Crippen LogP) is 2.80. The van der Waals surface area contributed by atoms with Gasteiger partial charge in [-0.2, -0.15) is 0 Å². The number of carbonyl (C=O) groups excluding carboxylic acids is 2. The normalized spacial score (nSPS) is 19.4. The lowest BCUT2D eigenvalue weighted by Crippen LogP contribution is -2.55. The number of methoxy groups -OCH3 is 1. The van der Waals surface area contributed by atoms with Gasteiger partial charge < -0.3 is 10.1 Å². The molecule has 1 N–H and O–H groups in total. The maximum atomic E-state index is 12.7. The molecule has 0 bridgehead atoms. The van der Waals surface area contributed by atoms with Gasteiger partial charge in [0, 0.05) is 6.54 Å². The minimum absolute atomic E-state index is 0.0227. The number of nitrogens with one attached hydrogen (secondary N) is 1. The van der Waals surface area contributed by atoms with Crippen molar-refractivity contribution in [3.8, 4) is 5.75 Å². The van der Waals surface area contributed by atoms with Crippen LogP contribution in [0.4, 0.5) is 10.5 Å². The molecule has 0 aliphatic carbocycles. The first-order valence-corrected chi connectivity index (χ1v) is 7.08. The molecule has 0 spiro atoms. The van der Waals surface area contributed by atoms with Gasteiger partial charge in [-0.25, -0.2) is 9.69 Å². The van der Waals surface area contributed by atoms with Crippen molar-refractivity contribution >= 4 is 17.6 Å². The van der Waals surface area contributed by atoms with Gasteiger partial charge in [0.05, 0.1) is 18.7 Å². The molecule has 0 aromatic heterocycles. The fourth-order valence-electron chi connectivity index (χ4n) is 2.60. The molecule has 5 nitrogen and oxygen atoms in total. The molecule has 114 valence electrons. The second-order valence-electron chi connectivity index (χ2n) is 6.49. The molecule has 0 saturated carbocycles. The highest BCUT2D eigenvalue weighted by atomic mass is 16.5. The van der Waals surface area contributed by atoms with E-state index in [4.69, 9.17) is 4.74 Å². The van der Waals surface area contributed by atoms with E-state index in [2.05, 4.69) is 26.1 Å². The number of hydrogen-bond acceptors (Lipinski definition) is 3. The molecule has 2 rings (SSSR count). The highest BCUT2D eigenvalue weighted by Crippen LogP contribution is 2.33. The Balaban J connectivity index is 2.32. The Bertz CT molecular complexity index is 549. The third-order valence-electron chi connectivity index (χ3n) is 3.46. The summed E-state index contributed by atoms with van der Waals surface area (Å²) in [4.78, 5) is 26.0. The first kappa shape index (κ1) is 15.4. The summed E-state index contributed by atoms with van der Waals surface area (Å²) < 4.78 is 5.26. The number of para-hydroxylation sites is 2. The Kier molecular flexibility index (Phi) is 4.21. The SMILES string of the molecule is COc1ccccc1N1C(=O)NCC(CC(C)(C)C)C1=O. The van der Waals surface area contributed by atoms with Crippen molar-refractivity contribution in [1.82, 2.24) is 5.32 Å². The van der Waals surface area contributed by atoms with Crippen molar-refractivity contribution in [3.63, 3.8) is 0 Å². The lowest BCUT2D eigenvalue weighted by Gasteiger charge is -2.34. The van der Waals surface area contributed by atoms with Crippen LogP contribution in [0.2, 0.25) is 0 Å². The summed E-state index contributed by atoms with van der Waals surface area (Å²) in [7, 11) is 1.53. The molecule has 21 heavy (non-hydrogen) atoms. The molecule has 0 radical (unpaired) electrons. The van der Waals surface area contributed by atoms with E-state index in [0.29, 0.717) is 18.0 Å². The number of nitrogens with zero attached hydrogens (tertiary/aromatic N) is 1. The van der Waals surface area contributed by atoms with Gasteiger partial charge >= 0.3 is 6.03 Å². The van der Waals surface area contributed by atoms with Crippen LogP contribution in [0.25, 0.3) is 0 Å². The van der Waals surface area contributed by atoms with E-state index in [-0.39, 0.29) is 17.2 Å². The molecule has 1 heterocycles. The Morgan fingerprint density at radius 2 is 1.95 bits per heavy atom. The van der Waals surface area contributed by atoms with Crippen LogP contribution in [0.1, 0.15) is 27.2 Å². The molecule has 1 fully saturated rings. The van der Waals surface area contributed by atoms with Gasteiger partial charge in [0.2, 0.25) is 5.91 Å². The first-order valence-electron chi connectivity index (χ1n) is 7.08. The van der Waals surface area contributed by atoms with Gasteiger partial charge in [-0.3, -0.25) is 4.79 Å². The molecule has 1 aromatic carbocycles. The van der Waals surface area contributed by atoms with Gasteiger partial charge in [0.15, 0.2) is 0 Å². The molecule has 1 aliphatic rings. The Hall–Kier alpha value is -2.04. The lowest BCUT2D eigenvalue weighted by atomic mass is 9.83. The number of amides is 3. The van der Waals surface area contributed by atoms with Crippen LogP contribution in [0.15, 0.2) is 24.3 Å². The molecular formula is C16H22N2O3. The van der Waals surface area contributed by atoms with E-state index in [0.717, 1.165) is 6.42 Å². The van der Waals surface area contributed by atoms with E-state index < -0.39 is 6.03 Å². The third kappa shape index (κ3) is 3.35. The van der Waals surface area contributed by atoms with Crippen molar-refractivity contribution in [2.45, 2.75) is 27.2 Å². The molecule has 3 amide bonds. The average molecular weight is 290 g/mol. The molecule has 1 aliphatic heterocycles. The van der Waals surface area contributed by atoms with Crippen molar-refractivity contribution in [1.29, 1.82) is 0 Å². The van der Waals surface area contributed by atoms with Gasteiger partial charge in [-0.1, -0.05) is 32.9 Å². The zero-order valence-corrected chi connectivity index (χ0v) is 13.0. The van der Waals surface area contributed by atoms with Crippen LogP contribution in [0.3, 0.4) is 0 Å². The lowest BCUT2D eigenvalue weighted by molar-refractivity contribution is -0.123. The molecule has 1 atom stereocenters. The molecule has 5 heteroatoms. The monoisotopic (exact) mass is 290 g/mol. The van der Waals surface area contributed by atoms with E-state index in [1.807, 2.05) is 0 Å². The van der Waals surface area contributed by atoms with Gasteiger partial charge in [0.25, 0.3) is 0 Å². The summed E-state index contributed by atoms with van der Waals surface area (Å²) in [6, 6.07) is 6.65. The summed E-state index contributed by atoms with van der Waals surface area (Å²) in [5.41, 5.74) is 0.510. The fourth-order valence-corrected chi connectivity index (χ4v) is 2.60. The highest BCUT2D eigenvalue weighted by molar-refractivity contribution is 6.17. The van der Waals surface area contributed by atoms with Crippen LogP contribution >= 0.6 is 0 Å². The van der Waals surface area contributed by atoms with E-state index >= 15 is 0 Å². The Labute approximate surface area is 125 Å². The number of hydrogen-bond donors (Lipinski definition) is 1. The van der Waals surface area contributed by atoms with Gasteiger partial charge in [0.1, 0.15) is 5.75 Å². The fraction of sp³-hybridized carbons (Fsp3) is 0.500. The predicted molar refractivity (Wildman–Crippen MR) is 81.4 cm³/mol. The van der Waals surface area contributed by atoms with Crippen molar-refractivity contribution in [2.24, 2.45) is 11.3 Å². The van der Waals surface area contributed by atoms with Crippen molar-refractivity contribution in [3.05, 3.63) is 24.3 Å². The van der Waals surface area contributed by atoms with Gasteiger partial charge in [-0.15, -0.1) is 0 Å². The quantitative estimate of drug-likeness (QED) is 0.931. The number of ether oxygens (including phenoxy) is 1. The number of carbonyl (C=O) groups is 2. The summed E-state index contributed by atoms with van der Waals surface area (Å²) in [6.45, 7) is 6.65. The number of urea groups is 1. The van der Waals surface area contributed by atoms with E-state index in [1.54, 1.807) is 24.3 Å². The standard InChI is InChI=1S/C16H22N2O3/c1-16(2,3)9-11-10-17-15(20)18(14(11)19)12-7-5-6-8-13(12)21-4/h5-8,11H,9-10H2,1-4H3,(H,17,20). The minimum atomic E-state index is -0.394. The second kappa shape index (κ2) is 5.76. The van der Waals surface area contributed by atoms with Gasteiger partial charge in [-0.05, 0) is 24.0 Å². The molecule has 1 saturated heterocycles. The first-order chi connectivity index (χ1) is 9.83. The largest absolute Gasteiger partial charge is 0.495 e. The molecule has 1 aromatic rings. The minimum Gasteiger partial charge on any atom is -0.495 e. The van der Waals surface area contributed by atoms with E-state index in [9.17, 15) is 9.59 Å². The van der Waals surface area contributed by atoms with Crippen LogP contribution in [0, 0.1) is 11.3 Å². The number of rotatable bonds is 3. The van der Waals surface area contributed by atoms with Crippen LogP contribution in [-0.2, 0) is 4.79 Å². The van der Waals surface area contributed by atoms with Crippen LogP contribution < -0.4 is 15.0 Å². The zero-order chi connectivity index (χ0) is 15.6. The second-order valence-corrected chi connectivity index (χ2v) is 6.49. The summed E-state index contributed by atoms with van der Waals surface area (Å²) in [5.74, 6) is 0.128. The average Bonchev–Trinajstić information content (AvgIpc) is 2.41. The van der Waals surface area contributed by atoms with Crippen molar-refractivity contribution in [2.75, 3.05) is 18.6 Å². The Morgan fingerprint density at radius 1 is 1.29 bits per heavy atom. The molecule has 1 unspecified atom stereocenters. The highest BCUT2D eigenvalue weighted by Gasteiger charge is 2.38. The number of benzene rings is 1. The molecular weight excluding hydrogens is 268 g/mol. The zero-order valence-electron chi connectivity index (χ0n) is 13.0. The topological polar surface area (TPSA) is 58.6 Å². The maximum Gasteiger partial charge on any atom is 0.328 e. The Morgan fingerprint density at radius 3 is 2.57 bits per heavy atom. The van der Waals surface area contributed by atoms with Crippen LogP contribution in [-0.4, -0.2) is 25.6 Å². The summed E-state index contributed by atoms with van der Waals surface area (Å²) in [5, 5.41) is 2.80. The third-order valence-corrected chi connectivity index (χ3v) is 3.46. The van der Waals surface area contributed by atoms with Crippen molar-refractivity contribution < 1.29 is 14.3 Å². The number of imide groups is 1. The summed E-state index contributed by atoms with van der Waals surface area (Å²) >= 11 is 0. The summed E-state index contributed by atoms with van der Waals surface area (Å²) in [6.07, 6.45) is 0.720.